The number of rotatable bonds is 6. The van der Waals surface area contributed by atoms with Gasteiger partial charge < -0.3 is 14.6 Å². The number of nitrogens with one attached hydrogen (secondary N) is 1. The largest absolute Gasteiger partial charge is 0.462 e. The van der Waals surface area contributed by atoms with Gasteiger partial charge in [0.25, 0.3) is 5.91 Å². The summed E-state index contributed by atoms with van der Waals surface area (Å²) in [7, 11) is 0. The van der Waals surface area contributed by atoms with Crippen molar-refractivity contribution in [3.05, 3.63) is 86.7 Å². The lowest BCUT2D eigenvalue weighted by atomic mass is 10.1. The molecule has 0 fully saturated rings. The molecule has 33 heavy (non-hydrogen) atoms. The zero-order valence-corrected chi connectivity index (χ0v) is 19.8. The Balaban J connectivity index is 1.93. The first-order valence-corrected chi connectivity index (χ1v) is 10.9. The van der Waals surface area contributed by atoms with Gasteiger partial charge in [-0.25, -0.2) is 4.79 Å². The summed E-state index contributed by atoms with van der Waals surface area (Å²) in [6.45, 7) is 5.83. The monoisotopic (exact) mass is 481 g/mol. The summed E-state index contributed by atoms with van der Waals surface area (Å²) < 4.78 is 7.03. The van der Waals surface area contributed by atoms with E-state index in [-0.39, 0.29) is 5.57 Å². The van der Waals surface area contributed by atoms with E-state index in [1.807, 2.05) is 36.6 Å². The van der Waals surface area contributed by atoms with Crippen LogP contribution in [0.1, 0.15) is 34.2 Å². The van der Waals surface area contributed by atoms with E-state index in [4.69, 9.17) is 27.9 Å². The molecule has 2 aromatic carbocycles. The number of nitrogens with zero attached hydrogens (tertiary/aromatic N) is 2. The minimum Gasteiger partial charge on any atom is -0.462 e. The fourth-order valence-electron chi connectivity index (χ4n) is 3.39. The second-order valence-corrected chi connectivity index (χ2v) is 8.00. The van der Waals surface area contributed by atoms with Crippen molar-refractivity contribution in [2.45, 2.75) is 20.8 Å². The summed E-state index contributed by atoms with van der Waals surface area (Å²) in [6.07, 6.45) is 1.53. The Morgan fingerprint density at radius 2 is 1.88 bits per heavy atom. The van der Waals surface area contributed by atoms with Crippen LogP contribution in [-0.2, 0) is 9.53 Å². The number of aromatic nitrogens is 1. The molecule has 0 bridgehead atoms. The molecular formula is C25H21Cl2N3O3. The average molecular weight is 482 g/mol. The van der Waals surface area contributed by atoms with Crippen molar-refractivity contribution >= 4 is 46.8 Å². The summed E-state index contributed by atoms with van der Waals surface area (Å²) in [5, 5.41) is 12.9. The number of ether oxygens (including phenoxy) is 1. The minimum atomic E-state index is -0.565. The van der Waals surface area contributed by atoms with E-state index in [2.05, 4.69) is 5.32 Å². The van der Waals surface area contributed by atoms with Gasteiger partial charge in [-0.1, -0.05) is 29.3 Å². The second-order valence-electron chi connectivity index (χ2n) is 7.19. The van der Waals surface area contributed by atoms with E-state index in [1.165, 1.54) is 12.1 Å². The van der Waals surface area contributed by atoms with Crippen LogP contribution < -0.4 is 5.32 Å². The number of carbonyl (C=O) groups excluding carboxylic acids is 2. The van der Waals surface area contributed by atoms with Gasteiger partial charge in [0.1, 0.15) is 11.6 Å². The molecule has 0 radical (unpaired) electrons. The molecule has 0 aliphatic rings. The number of nitriles is 1. The van der Waals surface area contributed by atoms with Crippen LogP contribution in [0.2, 0.25) is 10.0 Å². The summed E-state index contributed by atoms with van der Waals surface area (Å²) in [5.74, 6) is -0.960. The van der Waals surface area contributed by atoms with E-state index in [0.29, 0.717) is 33.5 Å². The molecule has 0 aliphatic carbocycles. The van der Waals surface area contributed by atoms with Crippen molar-refractivity contribution in [2.75, 3.05) is 11.9 Å². The van der Waals surface area contributed by atoms with Crippen LogP contribution in [0.3, 0.4) is 0 Å². The molecule has 0 unspecified atom stereocenters. The number of amides is 1. The molecule has 0 atom stereocenters. The van der Waals surface area contributed by atoms with Gasteiger partial charge in [-0.2, -0.15) is 5.26 Å². The van der Waals surface area contributed by atoms with Crippen molar-refractivity contribution < 1.29 is 14.3 Å². The summed E-state index contributed by atoms with van der Waals surface area (Å²) in [5.41, 5.74) is 3.96. The van der Waals surface area contributed by atoms with Crippen molar-refractivity contribution in [3.63, 3.8) is 0 Å². The highest BCUT2D eigenvalue weighted by Crippen LogP contribution is 2.26. The highest BCUT2D eigenvalue weighted by atomic mass is 35.5. The molecule has 168 valence electrons. The van der Waals surface area contributed by atoms with Gasteiger partial charge >= 0.3 is 5.97 Å². The molecule has 8 heteroatoms. The second kappa shape index (κ2) is 10.4. The lowest BCUT2D eigenvalue weighted by Crippen LogP contribution is -2.13. The van der Waals surface area contributed by atoms with Crippen LogP contribution in [0.4, 0.5) is 5.69 Å². The zero-order chi connectivity index (χ0) is 24.1. The quantitative estimate of drug-likeness (QED) is 0.261. The summed E-state index contributed by atoms with van der Waals surface area (Å²) in [6, 6.07) is 15.6. The number of carbonyl (C=O) groups is 2. The molecule has 0 spiro atoms. The van der Waals surface area contributed by atoms with E-state index in [0.717, 1.165) is 17.1 Å². The maximum Gasteiger partial charge on any atom is 0.338 e. The number of aryl methyl sites for hydroxylation is 1. The van der Waals surface area contributed by atoms with Crippen molar-refractivity contribution in [1.82, 2.24) is 4.57 Å². The van der Waals surface area contributed by atoms with Gasteiger partial charge in [-0.3, -0.25) is 4.79 Å². The summed E-state index contributed by atoms with van der Waals surface area (Å²) in [4.78, 5) is 24.8. The Morgan fingerprint density at radius 3 is 2.55 bits per heavy atom. The van der Waals surface area contributed by atoms with Crippen molar-refractivity contribution in [1.29, 1.82) is 5.26 Å². The third-order valence-corrected chi connectivity index (χ3v) is 5.67. The molecule has 0 saturated carbocycles. The highest BCUT2D eigenvalue weighted by Gasteiger charge is 2.16. The van der Waals surface area contributed by atoms with E-state index in [1.54, 1.807) is 37.3 Å². The van der Waals surface area contributed by atoms with Crippen molar-refractivity contribution in [2.24, 2.45) is 0 Å². The topological polar surface area (TPSA) is 84.1 Å². The molecule has 1 amide bonds. The number of esters is 1. The SMILES string of the molecule is CCOC(=O)c1cccc(-n2c(C)cc(/C=C(/C#N)C(=O)Nc3ccc(Cl)c(Cl)c3)c2C)c1. The molecule has 3 aromatic rings. The van der Waals surface area contributed by atoms with Gasteiger partial charge in [0.2, 0.25) is 0 Å². The molecule has 0 saturated heterocycles. The van der Waals surface area contributed by atoms with Crippen LogP contribution >= 0.6 is 23.2 Å². The predicted octanol–water partition coefficient (Wildman–Crippen LogP) is 6.12. The minimum absolute atomic E-state index is 0.0680. The average Bonchev–Trinajstić information content (AvgIpc) is 3.07. The van der Waals surface area contributed by atoms with Gasteiger partial charge in [-0.05, 0) is 74.9 Å². The van der Waals surface area contributed by atoms with Gasteiger partial charge in [0.15, 0.2) is 0 Å². The first-order chi connectivity index (χ1) is 15.7. The first-order valence-electron chi connectivity index (χ1n) is 10.1. The number of anilines is 1. The van der Waals surface area contributed by atoms with E-state index >= 15 is 0 Å². The lowest BCUT2D eigenvalue weighted by molar-refractivity contribution is -0.112. The van der Waals surface area contributed by atoms with Crippen LogP contribution in [0.15, 0.2) is 54.1 Å². The predicted molar refractivity (Wildman–Crippen MR) is 130 cm³/mol. The molecule has 1 heterocycles. The van der Waals surface area contributed by atoms with Crippen LogP contribution in [0.25, 0.3) is 11.8 Å². The Hall–Kier alpha value is -3.53. The molecule has 6 nitrogen and oxygen atoms in total. The van der Waals surface area contributed by atoms with Gasteiger partial charge in [0.05, 0.1) is 22.2 Å². The van der Waals surface area contributed by atoms with Crippen LogP contribution in [0.5, 0.6) is 0 Å². The molecule has 1 aromatic heterocycles. The first kappa shape index (κ1) is 24.1. The van der Waals surface area contributed by atoms with Crippen molar-refractivity contribution in [3.8, 4) is 11.8 Å². The maximum atomic E-state index is 12.7. The number of benzene rings is 2. The zero-order valence-electron chi connectivity index (χ0n) is 18.3. The maximum absolute atomic E-state index is 12.7. The molecular weight excluding hydrogens is 461 g/mol. The Kier molecular flexibility index (Phi) is 7.59. The van der Waals surface area contributed by atoms with Crippen LogP contribution in [0, 0.1) is 25.2 Å². The third-order valence-electron chi connectivity index (χ3n) is 4.93. The van der Waals surface area contributed by atoms with Gasteiger partial charge in [-0.15, -0.1) is 0 Å². The Labute approximate surface area is 202 Å². The fraction of sp³-hybridized carbons (Fsp3) is 0.160. The third kappa shape index (κ3) is 5.46. The fourth-order valence-corrected chi connectivity index (χ4v) is 3.69. The molecule has 0 aliphatic heterocycles. The number of halogens is 2. The summed E-state index contributed by atoms with van der Waals surface area (Å²) >= 11 is 11.9. The molecule has 1 N–H and O–H groups in total. The molecule has 3 rings (SSSR count). The van der Waals surface area contributed by atoms with Gasteiger partial charge in [0, 0.05) is 22.8 Å². The normalized spacial score (nSPS) is 11.1. The lowest BCUT2D eigenvalue weighted by Gasteiger charge is -2.11. The Bertz CT molecular complexity index is 1300. The standard InChI is InChI=1S/C25H21Cl2N3O3/c1-4-33-25(32)17-6-5-7-21(12-17)30-15(2)10-18(16(30)3)11-19(14-28)24(31)29-20-8-9-22(26)23(27)13-20/h5-13H,4H2,1-3H3,(H,29,31)/b19-11-. The number of hydrogen-bond acceptors (Lipinski definition) is 4. The Morgan fingerprint density at radius 1 is 1.12 bits per heavy atom. The smallest absolute Gasteiger partial charge is 0.338 e. The van der Waals surface area contributed by atoms with Crippen LogP contribution in [-0.4, -0.2) is 23.1 Å². The van der Waals surface area contributed by atoms with E-state index in [9.17, 15) is 14.9 Å². The highest BCUT2D eigenvalue weighted by molar-refractivity contribution is 6.42. The van der Waals surface area contributed by atoms with E-state index < -0.39 is 11.9 Å². The number of hydrogen-bond donors (Lipinski definition) is 1.